The molecule has 0 bridgehead atoms. The normalized spacial score (nSPS) is 13.2. The van der Waals surface area contributed by atoms with Crippen molar-refractivity contribution < 1.29 is 5.11 Å². The maximum Gasteiger partial charge on any atom is 0.118 e. The van der Waals surface area contributed by atoms with Crippen molar-refractivity contribution in [2.45, 2.75) is 27.2 Å². The molecule has 64 valence electrons. The molecule has 0 spiro atoms. The van der Waals surface area contributed by atoms with Crippen LogP contribution in [0.25, 0.3) is 0 Å². The minimum atomic E-state index is -0.105. The Morgan fingerprint density at radius 2 is 2.00 bits per heavy atom. The molecule has 0 aromatic carbocycles. The third kappa shape index (κ3) is 6.90. The third-order valence-corrected chi connectivity index (χ3v) is 1.03. The van der Waals surface area contributed by atoms with Gasteiger partial charge < -0.3 is 10.8 Å². The number of hydrogen-bond donors (Lipinski definition) is 3. The molecule has 0 unspecified atom stereocenters. The SMILES string of the molecule is CC(C)(C)C/C(O)=C/C(=N)N. The second-order valence-corrected chi connectivity index (χ2v) is 3.83. The fourth-order valence-electron chi connectivity index (χ4n) is 0.774. The van der Waals surface area contributed by atoms with Crippen molar-refractivity contribution >= 4 is 5.84 Å². The molecule has 0 rings (SSSR count). The minimum absolute atomic E-state index is 0.0377. The molecule has 4 N–H and O–H groups in total. The molecule has 0 aliphatic rings. The summed E-state index contributed by atoms with van der Waals surface area (Å²) in [6.07, 6.45) is 1.82. The average Bonchev–Trinajstić information content (AvgIpc) is 1.53. The first-order chi connectivity index (χ1) is 4.81. The van der Waals surface area contributed by atoms with E-state index in [1.54, 1.807) is 0 Å². The molecule has 0 atom stereocenters. The Balaban J connectivity index is 4.07. The number of rotatable bonds is 2. The summed E-state index contributed by atoms with van der Waals surface area (Å²) in [4.78, 5) is 0. The second-order valence-electron chi connectivity index (χ2n) is 3.83. The van der Waals surface area contributed by atoms with Crippen LogP contribution in [-0.2, 0) is 0 Å². The van der Waals surface area contributed by atoms with E-state index in [2.05, 4.69) is 0 Å². The molecule has 11 heavy (non-hydrogen) atoms. The Morgan fingerprint density at radius 1 is 1.55 bits per heavy atom. The van der Waals surface area contributed by atoms with E-state index in [0.29, 0.717) is 6.42 Å². The van der Waals surface area contributed by atoms with Gasteiger partial charge in [0, 0.05) is 12.5 Å². The Morgan fingerprint density at radius 3 is 2.27 bits per heavy atom. The van der Waals surface area contributed by atoms with Crippen LogP contribution >= 0.6 is 0 Å². The van der Waals surface area contributed by atoms with Crippen molar-refractivity contribution in [3.8, 4) is 0 Å². The maximum absolute atomic E-state index is 9.20. The lowest BCUT2D eigenvalue weighted by Crippen LogP contribution is -2.10. The van der Waals surface area contributed by atoms with Crippen LogP contribution in [0.3, 0.4) is 0 Å². The topological polar surface area (TPSA) is 70.1 Å². The van der Waals surface area contributed by atoms with Crippen molar-refractivity contribution in [1.29, 1.82) is 5.41 Å². The summed E-state index contributed by atoms with van der Waals surface area (Å²) in [6, 6.07) is 0. The van der Waals surface area contributed by atoms with Gasteiger partial charge in [-0.1, -0.05) is 20.8 Å². The van der Waals surface area contributed by atoms with Crippen molar-refractivity contribution in [3.05, 3.63) is 11.8 Å². The lowest BCUT2D eigenvalue weighted by molar-refractivity contribution is 0.305. The smallest absolute Gasteiger partial charge is 0.118 e. The fraction of sp³-hybridized carbons (Fsp3) is 0.625. The highest BCUT2D eigenvalue weighted by atomic mass is 16.3. The lowest BCUT2D eigenvalue weighted by Gasteiger charge is -2.16. The van der Waals surface area contributed by atoms with Gasteiger partial charge in [-0.2, -0.15) is 0 Å². The summed E-state index contributed by atoms with van der Waals surface area (Å²) in [5.41, 5.74) is 5.10. The van der Waals surface area contributed by atoms with Gasteiger partial charge in [-0.15, -0.1) is 0 Å². The van der Waals surface area contributed by atoms with Crippen molar-refractivity contribution in [1.82, 2.24) is 0 Å². The van der Waals surface area contributed by atoms with E-state index in [1.165, 1.54) is 6.08 Å². The highest BCUT2D eigenvalue weighted by Crippen LogP contribution is 2.22. The average molecular weight is 156 g/mol. The van der Waals surface area contributed by atoms with Gasteiger partial charge in [0.2, 0.25) is 0 Å². The Labute approximate surface area is 67.4 Å². The standard InChI is InChI=1S/C8H16N2O/c1-8(2,3)5-6(11)4-7(9)10/h4,11H,5H2,1-3H3,(H3,9,10)/b6-4-. The first-order valence-electron chi connectivity index (χ1n) is 3.55. The van der Waals surface area contributed by atoms with Gasteiger partial charge >= 0.3 is 0 Å². The first-order valence-corrected chi connectivity index (χ1v) is 3.55. The Hall–Kier alpha value is -0.990. The van der Waals surface area contributed by atoms with Crippen LogP contribution in [0.1, 0.15) is 27.2 Å². The van der Waals surface area contributed by atoms with E-state index in [1.807, 2.05) is 20.8 Å². The van der Waals surface area contributed by atoms with Gasteiger partial charge in [0.1, 0.15) is 5.84 Å². The summed E-state index contributed by atoms with van der Waals surface area (Å²) >= 11 is 0. The molecule has 0 fully saturated rings. The van der Waals surface area contributed by atoms with Crippen molar-refractivity contribution in [2.24, 2.45) is 11.1 Å². The number of amidine groups is 1. The van der Waals surface area contributed by atoms with Crippen LogP contribution in [0.15, 0.2) is 11.8 Å². The second kappa shape index (κ2) is 3.42. The maximum atomic E-state index is 9.20. The van der Waals surface area contributed by atoms with Gasteiger partial charge in [0.15, 0.2) is 0 Å². The van der Waals surface area contributed by atoms with Gasteiger partial charge in [-0.25, -0.2) is 0 Å². The zero-order valence-corrected chi connectivity index (χ0v) is 7.31. The quantitative estimate of drug-likeness (QED) is 0.324. The van der Waals surface area contributed by atoms with E-state index in [9.17, 15) is 5.11 Å². The number of allylic oxidation sites excluding steroid dienone is 1. The highest BCUT2D eigenvalue weighted by molar-refractivity contribution is 5.88. The summed E-state index contributed by atoms with van der Waals surface area (Å²) in [6.45, 7) is 6.03. The fourth-order valence-corrected chi connectivity index (χ4v) is 0.774. The van der Waals surface area contributed by atoms with E-state index < -0.39 is 0 Å². The summed E-state index contributed by atoms with van der Waals surface area (Å²) < 4.78 is 0. The molecule has 3 heteroatoms. The van der Waals surface area contributed by atoms with E-state index in [0.717, 1.165) is 0 Å². The minimum Gasteiger partial charge on any atom is -0.512 e. The van der Waals surface area contributed by atoms with E-state index >= 15 is 0 Å². The molecule has 0 aliphatic carbocycles. The summed E-state index contributed by atoms with van der Waals surface area (Å²) in [5.74, 6) is 0.0664. The number of aliphatic hydroxyl groups is 1. The molecule has 0 aromatic heterocycles. The van der Waals surface area contributed by atoms with E-state index in [-0.39, 0.29) is 17.0 Å². The van der Waals surface area contributed by atoms with Gasteiger partial charge in [0.05, 0.1) is 5.76 Å². The largest absolute Gasteiger partial charge is 0.512 e. The number of hydrogen-bond acceptors (Lipinski definition) is 2. The van der Waals surface area contributed by atoms with Crippen LogP contribution < -0.4 is 5.73 Å². The Bertz CT molecular complexity index is 177. The van der Waals surface area contributed by atoms with Crippen LogP contribution in [0.4, 0.5) is 0 Å². The summed E-state index contributed by atoms with van der Waals surface area (Å²) in [7, 11) is 0. The molecule has 0 aromatic rings. The number of nitrogens with two attached hydrogens (primary N) is 1. The zero-order chi connectivity index (χ0) is 9.07. The van der Waals surface area contributed by atoms with Crippen LogP contribution in [0.5, 0.6) is 0 Å². The number of nitrogens with one attached hydrogen (secondary N) is 1. The molecule has 3 nitrogen and oxygen atoms in total. The first kappa shape index (κ1) is 10.0. The van der Waals surface area contributed by atoms with Crippen LogP contribution in [0.2, 0.25) is 0 Å². The molecular weight excluding hydrogens is 140 g/mol. The molecule has 0 saturated carbocycles. The molecule has 0 aliphatic heterocycles. The van der Waals surface area contributed by atoms with Gasteiger partial charge in [-0.3, -0.25) is 5.41 Å². The Kier molecular flexibility index (Phi) is 3.11. The molecule has 0 radical (unpaired) electrons. The predicted octanol–water partition coefficient (Wildman–Crippen LogP) is 1.80. The van der Waals surface area contributed by atoms with Crippen molar-refractivity contribution in [2.75, 3.05) is 0 Å². The van der Waals surface area contributed by atoms with Gasteiger partial charge in [0.25, 0.3) is 0 Å². The lowest BCUT2D eigenvalue weighted by atomic mass is 9.91. The third-order valence-electron chi connectivity index (χ3n) is 1.03. The molecular formula is C8H16N2O. The monoisotopic (exact) mass is 156 g/mol. The highest BCUT2D eigenvalue weighted by Gasteiger charge is 2.12. The summed E-state index contributed by atoms with van der Waals surface area (Å²) in [5, 5.41) is 16.1. The molecule has 0 amide bonds. The van der Waals surface area contributed by atoms with Crippen molar-refractivity contribution in [3.63, 3.8) is 0 Å². The molecule has 0 heterocycles. The van der Waals surface area contributed by atoms with Crippen LogP contribution in [-0.4, -0.2) is 10.9 Å². The molecule has 0 saturated heterocycles. The van der Waals surface area contributed by atoms with E-state index in [4.69, 9.17) is 11.1 Å². The van der Waals surface area contributed by atoms with Gasteiger partial charge in [-0.05, 0) is 5.41 Å². The number of aliphatic hydroxyl groups excluding tert-OH is 1. The predicted molar refractivity (Wildman–Crippen MR) is 46.7 cm³/mol. The zero-order valence-electron chi connectivity index (χ0n) is 7.31. The van der Waals surface area contributed by atoms with Crippen LogP contribution in [0, 0.1) is 10.8 Å².